The molecule has 0 aromatic carbocycles. The number of nitrogens with zero attached hydrogens (tertiary/aromatic N) is 6. The highest BCUT2D eigenvalue weighted by Gasteiger charge is 2.20. The van der Waals surface area contributed by atoms with Gasteiger partial charge in [0, 0.05) is 44.6 Å². The van der Waals surface area contributed by atoms with Crippen molar-refractivity contribution in [1.82, 2.24) is 15.0 Å². The molecule has 0 aliphatic carbocycles. The van der Waals surface area contributed by atoms with Crippen LogP contribution in [0.2, 0.25) is 0 Å². The van der Waals surface area contributed by atoms with E-state index in [1.807, 2.05) is 6.07 Å². The average molecular weight is 296 g/mol. The Kier molecular flexibility index (Phi) is 4.01. The van der Waals surface area contributed by atoms with Crippen molar-refractivity contribution in [3.05, 3.63) is 36.2 Å². The first-order chi connectivity index (χ1) is 10.8. The van der Waals surface area contributed by atoms with Gasteiger partial charge in [-0.15, -0.1) is 0 Å². The van der Waals surface area contributed by atoms with Crippen molar-refractivity contribution >= 4 is 11.8 Å². The molecule has 0 N–H and O–H groups in total. The second kappa shape index (κ2) is 6.26. The smallest absolute Gasteiger partial charge is 0.228 e. The number of hydrogen-bond donors (Lipinski definition) is 0. The molecule has 0 radical (unpaired) electrons. The van der Waals surface area contributed by atoms with Crippen molar-refractivity contribution in [1.29, 1.82) is 5.26 Å². The van der Waals surface area contributed by atoms with Gasteiger partial charge < -0.3 is 14.5 Å². The third-order valence-corrected chi connectivity index (χ3v) is 3.59. The molecule has 1 aliphatic heterocycles. The average Bonchev–Trinajstić information content (AvgIpc) is 2.62. The lowest BCUT2D eigenvalue weighted by Crippen LogP contribution is -2.47. The van der Waals surface area contributed by atoms with Gasteiger partial charge in [-0.05, 0) is 12.1 Å². The van der Waals surface area contributed by atoms with Crippen LogP contribution in [0.5, 0.6) is 5.88 Å². The van der Waals surface area contributed by atoms with Gasteiger partial charge in [0.2, 0.25) is 11.8 Å². The largest absolute Gasteiger partial charge is 0.481 e. The zero-order chi connectivity index (χ0) is 15.4. The van der Waals surface area contributed by atoms with Crippen molar-refractivity contribution < 1.29 is 4.74 Å². The molecule has 22 heavy (non-hydrogen) atoms. The molecule has 2 aromatic heterocycles. The number of piperazine rings is 1. The lowest BCUT2D eigenvalue weighted by atomic mass is 10.2. The Morgan fingerprint density at radius 3 is 2.50 bits per heavy atom. The standard InChI is InChI=1S/C15H16N6O/c1-22-14-4-5-17-15(19-14)21-8-6-20(7-9-21)13-3-2-12(10-16)11-18-13/h2-5,11H,6-9H2,1H3. The highest BCUT2D eigenvalue weighted by Crippen LogP contribution is 2.18. The van der Waals surface area contributed by atoms with E-state index in [1.54, 1.807) is 31.6 Å². The molecule has 0 amide bonds. The highest BCUT2D eigenvalue weighted by molar-refractivity contribution is 5.44. The third-order valence-electron chi connectivity index (χ3n) is 3.59. The van der Waals surface area contributed by atoms with Gasteiger partial charge in [-0.3, -0.25) is 0 Å². The molecule has 7 heteroatoms. The molecule has 0 unspecified atom stereocenters. The molecule has 2 aromatic rings. The Morgan fingerprint density at radius 1 is 1.09 bits per heavy atom. The minimum Gasteiger partial charge on any atom is -0.481 e. The van der Waals surface area contributed by atoms with E-state index < -0.39 is 0 Å². The molecule has 3 heterocycles. The van der Waals surface area contributed by atoms with E-state index in [-0.39, 0.29) is 0 Å². The van der Waals surface area contributed by atoms with Crippen LogP contribution in [-0.2, 0) is 0 Å². The van der Waals surface area contributed by atoms with Crippen molar-refractivity contribution in [2.24, 2.45) is 0 Å². The summed E-state index contributed by atoms with van der Waals surface area (Å²) in [6, 6.07) is 7.49. The van der Waals surface area contributed by atoms with Gasteiger partial charge in [0.1, 0.15) is 11.9 Å². The summed E-state index contributed by atoms with van der Waals surface area (Å²) in [7, 11) is 1.60. The van der Waals surface area contributed by atoms with Gasteiger partial charge in [0.15, 0.2) is 0 Å². The SMILES string of the molecule is COc1ccnc(N2CCN(c3ccc(C#N)cn3)CC2)n1. The van der Waals surface area contributed by atoms with E-state index in [0.717, 1.165) is 32.0 Å². The lowest BCUT2D eigenvalue weighted by molar-refractivity contribution is 0.396. The maximum absolute atomic E-state index is 8.81. The molecule has 1 aliphatic rings. The van der Waals surface area contributed by atoms with E-state index >= 15 is 0 Å². The minimum absolute atomic E-state index is 0.571. The van der Waals surface area contributed by atoms with Crippen LogP contribution < -0.4 is 14.5 Å². The summed E-state index contributed by atoms with van der Waals surface area (Å²) in [6.07, 6.45) is 3.31. The zero-order valence-corrected chi connectivity index (χ0v) is 12.3. The molecular formula is C15H16N6O. The normalized spacial score (nSPS) is 14.5. The number of rotatable bonds is 3. The monoisotopic (exact) mass is 296 g/mol. The first-order valence-electron chi connectivity index (χ1n) is 7.03. The first kappa shape index (κ1) is 14.1. The number of aromatic nitrogens is 3. The van der Waals surface area contributed by atoms with E-state index in [4.69, 9.17) is 10.00 Å². The Bertz CT molecular complexity index is 673. The van der Waals surface area contributed by atoms with E-state index in [9.17, 15) is 0 Å². The number of hydrogen-bond acceptors (Lipinski definition) is 7. The Balaban J connectivity index is 1.65. The third kappa shape index (κ3) is 2.91. The molecule has 112 valence electrons. The second-order valence-corrected chi connectivity index (χ2v) is 4.89. The first-order valence-corrected chi connectivity index (χ1v) is 7.03. The van der Waals surface area contributed by atoms with E-state index in [0.29, 0.717) is 17.4 Å². The summed E-state index contributed by atoms with van der Waals surface area (Å²) in [5.41, 5.74) is 0.576. The van der Waals surface area contributed by atoms with Crippen LogP contribution in [0, 0.1) is 11.3 Å². The Labute approximate surface area is 128 Å². The maximum Gasteiger partial charge on any atom is 0.228 e. The summed E-state index contributed by atoms with van der Waals surface area (Å²) < 4.78 is 5.13. The van der Waals surface area contributed by atoms with Crippen molar-refractivity contribution in [3.63, 3.8) is 0 Å². The van der Waals surface area contributed by atoms with Crippen LogP contribution in [0.15, 0.2) is 30.6 Å². The van der Waals surface area contributed by atoms with Crippen LogP contribution in [0.1, 0.15) is 5.56 Å². The number of ether oxygens (including phenoxy) is 1. The van der Waals surface area contributed by atoms with Crippen LogP contribution in [0.25, 0.3) is 0 Å². The Morgan fingerprint density at radius 2 is 1.86 bits per heavy atom. The molecule has 1 saturated heterocycles. The van der Waals surface area contributed by atoms with Gasteiger partial charge in [0.05, 0.1) is 12.7 Å². The Hall–Kier alpha value is -2.88. The van der Waals surface area contributed by atoms with Crippen LogP contribution in [0.4, 0.5) is 11.8 Å². The number of nitriles is 1. The predicted molar refractivity (Wildman–Crippen MR) is 82.0 cm³/mol. The molecule has 0 bridgehead atoms. The molecule has 1 fully saturated rings. The topological polar surface area (TPSA) is 78.2 Å². The zero-order valence-electron chi connectivity index (χ0n) is 12.3. The molecule has 0 saturated carbocycles. The van der Waals surface area contributed by atoms with Gasteiger partial charge >= 0.3 is 0 Å². The summed E-state index contributed by atoms with van der Waals surface area (Å²) >= 11 is 0. The summed E-state index contributed by atoms with van der Waals surface area (Å²) in [4.78, 5) is 17.3. The van der Waals surface area contributed by atoms with Gasteiger partial charge in [-0.25, -0.2) is 9.97 Å². The quantitative estimate of drug-likeness (QED) is 0.838. The van der Waals surface area contributed by atoms with Crippen molar-refractivity contribution in [2.45, 2.75) is 0 Å². The van der Waals surface area contributed by atoms with E-state index in [2.05, 4.69) is 30.8 Å². The van der Waals surface area contributed by atoms with Gasteiger partial charge in [0.25, 0.3) is 0 Å². The van der Waals surface area contributed by atoms with Crippen molar-refractivity contribution in [2.75, 3.05) is 43.1 Å². The molecule has 3 rings (SSSR count). The fourth-order valence-electron chi connectivity index (χ4n) is 2.37. The van der Waals surface area contributed by atoms with Crippen LogP contribution in [0.3, 0.4) is 0 Å². The second-order valence-electron chi connectivity index (χ2n) is 4.89. The summed E-state index contributed by atoms with van der Waals surface area (Å²) in [5, 5.41) is 8.81. The highest BCUT2D eigenvalue weighted by atomic mass is 16.5. The fourth-order valence-corrected chi connectivity index (χ4v) is 2.37. The molecule has 0 atom stereocenters. The molecule has 7 nitrogen and oxygen atoms in total. The molecular weight excluding hydrogens is 280 g/mol. The summed E-state index contributed by atoms with van der Waals surface area (Å²) in [6.45, 7) is 3.29. The fraction of sp³-hybridized carbons (Fsp3) is 0.333. The lowest BCUT2D eigenvalue weighted by Gasteiger charge is -2.35. The maximum atomic E-state index is 8.81. The van der Waals surface area contributed by atoms with Crippen LogP contribution in [-0.4, -0.2) is 48.2 Å². The van der Waals surface area contributed by atoms with Gasteiger partial charge in [-0.1, -0.05) is 0 Å². The number of pyridine rings is 1. The van der Waals surface area contributed by atoms with Crippen LogP contribution >= 0.6 is 0 Å². The number of methoxy groups -OCH3 is 1. The van der Waals surface area contributed by atoms with Crippen molar-refractivity contribution in [3.8, 4) is 11.9 Å². The molecule has 0 spiro atoms. The predicted octanol–water partition coefficient (Wildman–Crippen LogP) is 1.08. The van der Waals surface area contributed by atoms with E-state index in [1.165, 1.54) is 0 Å². The summed E-state index contributed by atoms with van der Waals surface area (Å²) in [5.74, 6) is 2.15. The number of anilines is 2. The minimum atomic E-state index is 0.571. The van der Waals surface area contributed by atoms with Gasteiger partial charge in [-0.2, -0.15) is 10.2 Å².